The van der Waals surface area contributed by atoms with E-state index in [1.54, 1.807) is 17.1 Å². The Balaban J connectivity index is 1.82. The third-order valence-corrected chi connectivity index (χ3v) is 3.42. The fraction of sp³-hybridized carbons (Fsp3) is 0.0625. The molecule has 0 aliphatic carbocycles. The fourth-order valence-electron chi connectivity index (χ4n) is 2.38. The molecule has 0 radical (unpaired) electrons. The molecule has 0 fully saturated rings. The second kappa shape index (κ2) is 4.56. The first-order valence-corrected chi connectivity index (χ1v) is 6.69. The standard InChI is InChI=1S/C16H13N5/c1-20-8-6-16(18-20)12-4-5-15-13(9-12)11-21(19-15)14-3-2-7-17-10-14/h2-11H,1H3. The Morgan fingerprint density at radius 2 is 2.00 bits per heavy atom. The van der Waals surface area contributed by atoms with Crippen LogP contribution in [0.5, 0.6) is 0 Å². The zero-order valence-electron chi connectivity index (χ0n) is 11.5. The van der Waals surface area contributed by atoms with E-state index in [-0.39, 0.29) is 0 Å². The molecule has 0 aliphatic rings. The predicted molar refractivity (Wildman–Crippen MR) is 81.1 cm³/mol. The van der Waals surface area contributed by atoms with Crippen LogP contribution >= 0.6 is 0 Å². The first-order valence-electron chi connectivity index (χ1n) is 6.69. The number of aryl methyl sites for hydroxylation is 1. The molecule has 0 unspecified atom stereocenters. The van der Waals surface area contributed by atoms with Crippen molar-refractivity contribution in [1.82, 2.24) is 24.5 Å². The molecule has 0 amide bonds. The molecule has 0 atom stereocenters. The zero-order chi connectivity index (χ0) is 14.2. The van der Waals surface area contributed by atoms with E-state index >= 15 is 0 Å². The molecule has 0 saturated carbocycles. The lowest BCUT2D eigenvalue weighted by atomic mass is 10.1. The van der Waals surface area contributed by atoms with Crippen LogP contribution in [-0.2, 0) is 7.05 Å². The smallest absolute Gasteiger partial charge is 0.0928 e. The van der Waals surface area contributed by atoms with Crippen molar-refractivity contribution in [3.8, 4) is 16.9 Å². The topological polar surface area (TPSA) is 48.5 Å². The van der Waals surface area contributed by atoms with Gasteiger partial charge in [0.2, 0.25) is 0 Å². The summed E-state index contributed by atoms with van der Waals surface area (Å²) in [6.07, 6.45) is 7.51. The van der Waals surface area contributed by atoms with Crippen LogP contribution in [0.25, 0.3) is 27.8 Å². The maximum absolute atomic E-state index is 4.57. The number of aromatic nitrogens is 5. The quantitative estimate of drug-likeness (QED) is 0.565. The molecule has 5 nitrogen and oxygen atoms in total. The van der Waals surface area contributed by atoms with Gasteiger partial charge in [0, 0.05) is 36.6 Å². The number of pyridine rings is 1. The van der Waals surface area contributed by atoms with Gasteiger partial charge in [-0.05, 0) is 30.3 Å². The van der Waals surface area contributed by atoms with Crippen molar-refractivity contribution in [2.75, 3.05) is 0 Å². The zero-order valence-corrected chi connectivity index (χ0v) is 11.5. The molecule has 3 heterocycles. The molecule has 4 aromatic rings. The lowest BCUT2D eigenvalue weighted by molar-refractivity contribution is 0.771. The molecule has 5 heteroatoms. The minimum Gasteiger partial charge on any atom is -0.275 e. The van der Waals surface area contributed by atoms with Crippen LogP contribution in [0.3, 0.4) is 0 Å². The monoisotopic (exact) mass is 275 g/mol. The molecule has 21 heavy (non-hydrogen) atoms. The highest BCUT2D eigenvalue weighted by Gasteiger charge is 2.06. The number of hydrogen-bond acceptors (Lipinski definition) is 3. The Morgan fingerprint density at radius 3 is 2.76 bits per heavy atom. The molecule has 0 saturated heterocycles. The first kappa shape index (κ1) is 11.8. The summed E-state index contributed by atoms with van der Waals surface area (Å²) in [4.78, 5) is 4.13. The number of fused-ring (bicyclic) bond motifs is 1. The van der Waals surface area contributed by atoms with Crippen LogP contribution in [-0.4, -0.2) is 24.5 Å². The molecule has 0 aliphatic heterocycles. The summed E-state index contributed by atoms with van der Waals surface area (Å²) in [5, 5.41) is 10.1. The normalized spacial score (nSPS) is 11.1. The van der Waals surface area contributed by atoms with Gasteiger partial charge in [0.15, 0.2) is 0 Å². The number of rotatable bonds is 2. The third kappa shape index (κ3) is 2.08. The molecule has 102 valence electrons. The van der Waals surface area contributed by atoms with E-state index in [0.29, 0.717) is 0 Å². The summed E-state index contributed by atoms with van der Waals surface area (Å²) in [6.45, 7) is 0. The second-order valence-corrected chi connectivity index (χ2v) is 4.93. The maximum Gasteiger partial charge on any atom is 0.0928 e. The summed E-state index contributed by atoms with van der Waals surface area (Å²) < 4.78 is 3.65. The second-order valence-electron chi connectivity index (χ2n) is 4.93. The third-order valence-electron chi connectivity index (χ3n) is 3.42. The Labute approximate surface area is 121 Å². The average Bonchev–Trinajstić information content (AvgIpc) is 3.13. The number of nitrogens with zero attached hydrogens (tertiary/aromatic N) is 5. The summed E-state index contributed by atoms with van der Waals surface area (Å²) in [5.74, 6) is 0. The number of hydrogen-bond donors (Lipinski definition) is 0. The van der Waals surface area contributed by atoms with Crippen molar-refractivity contribution in [3.05, 3.63) is 61.2 Å². The van der Waals surface area contributed by atoms with Gasteiger partial charge in [-0.3, -0.25) is 9.67 Å². The molecule has 1 aromatic carbocycles. The maximum atomic E-state index is 4.57. The van der Waals surface area contributed by atoms with E-state index in [1.165, 1.54) is 0 Å². The highest BCUT2D eigenvalue weighted by atomic mass is 15.3. The van der Waals surface area contributed by atoms with Crippen LogP contribution in [0, 0.1) is 0 Å². The van der Waals surface area contributed by atoms with Gasteiger partial charge in [0.1, 0.15) is 0 Å². The summed E-state index contributed by atoms with van der Waals surface area (Å²) >= 11 is 0. The van der Waals surface area contributed by atoms with Crippen LogP contribution in [0.4, 0.5) is 0 Å². The lowest BCUT2D eigenvalue weighted by Crippen LogP contribution is -1.93. The van der Waals surface area contributed by atoms with E-state index in [4.69, 9.17) is 0 Å². The Bertz CT molecular complexity index is 905. The van der Waals surface area contributed by atoms with Crippen LogP contribution in [0.1, 0.15) is 0 Å². The van der Waals surface area contributed by atoms with Gasteiger partial charge in [0.25, 0.3) is 0 Å². The lowest BCUT2D eigenvalue weighted by Gasteiger charge is -1.97. The Hall–Kier alpha value is -2.95. The largest absolute Gasteiger partial charge is 0.275 e. The predicted octanol–water partition coefficient (Wildman–Crippen LogP) is 2.82. The SMILES string of the molecule is Cn1ccc(-c2ccc3nn(-c4cccnc4)cc3c2)n1. The minimum atomic E-state index is 0.952. The highest BCUT2D eigenvalue weighted by molar-refractivity contribution is 5.83. The van der Waals surface area contributed by atoms with Gasteiger partial charge >= 0.3 is 0 Å². The van der Waals surface area contributed by atoms with Crippen LogP contribution in [0.15, 0.2) is 61.2 Å². The molecule has 4 rings (SSSR count). The van der Waals surface area contributed by atoms with Crippen molar-refractivity contribution in [2.24, 2.45) is 7.05 Å². The molecular formula is C16H13N5. The van der Waals surface area contributed by atoms with Crippen molar-refractivity contribution in [2.45, 2.75) is 0 Å². The molecule has 0 spiro atoms. The van der Waals surface area contributed by atoms with E-state index in [2.05, 4.69) is 21.2 Å². The van der Waals surface area contributed by atoms with Crippen LogP contribution in [0.2, 0.25) is 0 Å². The Morgan fingerprint density at radius 1 is 1.05 bits per heavy atom. The first-order chi connectivity index (χ1) is 10.3. The van der Waals surface area contributed by atoms with Crippen LogP contribution < -0.4 is 0 Å². The fourth-order valence-corrected chi connectivity index (χ4v) is 2.38. The Kier molecular flexibility index (Phi) is 2.57. The molecule has 3 aromatic heterocycles. The van der Waals surface area contributed by atoms with Gasteiger partial charge in [0.05, 0.1) is 23.1 Å². The summed E-state index contributed by atoms with van der Waals surface area (Å²) in [6, 6.07) is 12.1. The van der Waals surface area contributed by atoms with E-state index in [0.717, 1.165) is 27.8 Å². The van der Waals surface area contributed by atoms with Gasteiger partial charge in [-0.25, -0.2) is 4.68 Å². The van der Waals surface area contributed by atoms with Gasteiger partial charge in [-0.2, -0.15) is 10.2 Å². The van der Waals surface area contributed by atoms with Crippen molar-refractivity contribution < 1.29 is 0 Å². The van der Waals surface area contributed by atoms with E-state index in [1.807, 2.05) is 54.5 Å². The average molecular weight is 275 g/mol. The van der Waals surface area contributed by atoms with E-state index in [9.17, 15) is 0 Å². The number of benzene rings is 1. The summed E-state index contributed by atoms with van der Waals surface area (Å²) in [7, 11) is 1.92. The molecule has 0 bridgehead atoms. The van der Waals surface area contributed by atoms with Gasteiger partial charge < -0.3 is 0 Å². The van der Waals surface area contributed by atoms with Gasteiger partial charge in [-0.15, -0.1) is 0 Å². The van der Waals surface area contributed by atoms with Crippen molar-refractivity contribution in [1.29, 1.82) is 0 Å². The molecular weight excluding hydrogens is 262 g/mol. The van der Waals surface area contributed by atoms with Crippen molar-refractivity contribution >= 4 is 10.9 Å². The molecule has 0 N–H and O–H groups in total. The van der Waals surface area contributed by atoms with Gasteiger partial charge in [-0.1, -0.05) is 6.07 Å². The minimum absolute atomic E-state index is 0.952. The van der Waals surface area contributed by atoms with Crippen molar-refractivity contribution in [3.63, 3.8) is 0 Å². The summed E-state index contributed by atoms with van der Waals surface area (Å²) in [5.41, 5.74) is 3.97. The highest BCUT2D eigenvalue weighted by Crippen LogP contribution is 2.23. The van der Waals surface area contributed by atoms with E-state index < -0.39 is 0 Å².